The molecule has 1 N–H and O–H groups in total. The van der Waals surface area contributed by atoms with Crippen LogP contribution in [-0.4, -0.2) is 33.8 Å². The molecular weight excluding hydrogens is 246 g/mol. The maximum atomic E-state index is 12.5. The van der Waals surface area contributed by atoms with E-state index in [1.54, 1.807) is 13.8 Å². The lowest BCUT2D eigenvalue weighted by atomic mass is 9.81. The average Bonchev–Trinajstić information content (AvgIpc) is 2.97. The Kier molecular flexibility index (Phi) is 2.69. The number of carbonyl (C=O) groups excluding carboxylic acids is 2. The van der Waals surface area contributed by atoms with Gasteiger partial charge in [-0.25, -0.2) is 4.79 Å². The minimum Gasteiger partial charge on any atom is -0.480 e. The molecule has 5 nitrogen and oxygen atoms in total. The summed E-state index contributed by atoms with van der Waals surface area (Å²) in [6.45, 7) is 3.48. The molecule has 104 valence electrons. The van der Waals surface area contributed by atoms with Crippen LogP contribution in [0.5, 0.6) is 0 Å². The SMILES string of the molecule is CC(C)[C@H](C(=O)O)N1C(=O)[C@@H]2[C@@H]3CC[C@H](C3)[C@@H]2C1=O. The van der Waals surface area contributed by atoms with Gasteiger partial charge in [-0.1, -0.05) is 13.8 Å². The number of fused-ring (bicyclic) bond motifs is 5. The Labute approximate surface area is 112 Å². The Morgan fingerprint density at radius 2 is 1.63 bits per heavy atom. The highest BCUT2D eigenvalue weighted by Crippen LogP contribution is 2.56. The fourth-order valence-electron chi connectivity index (χ4n) is 4.40. The van der Waals surface area contributed by atoms with Gasteiger partial charge in [0.15, 0.2) is 0 Å². The second kappa shape index (κ2) is 4.05. The highest BCUT2D eigenvalue weighted by Gasteiger charge is 2.62. The molecule has 5 heteroatoms. The van der Waals surface area contributed by atoms with Crippen LogP contribution >= 0.6 is 0 Å². The average molecular weight is 265 g/mol. The number of carbonyl (C=O) groups is 3. The molecular formula is C14H19NO4. The van der Waals surface area contributed by atoms with E-state index < -0.39 is 12.0 Å². The van der Waals surface area contributed by atoms with Crippen molar-refractivity contribution in [2.45, 2.75) is 39.2 Å². The highest BCUT2D eigenvalue weighted by atomic mass is 16.4. The Morgan fingerprint density at radius 3 is 2.00 bits per heavy atom. The minimum absolute atomic E-state index is 0.230. The summed E-state index contributed by atoms with van der Waals surface area (Å²) in [5, 5.41) is 9.30. The second-order valence-corrected chi connectivity index (χ2v) is 6.46. The third kappa shape index (κ3) is 1.56. The maximum Gasteiger partial charge on any atom is 0.327 e. The van der Waals surface area contributed by atoms with E-state index in [9.17, 15) is 19.5 Å². The van der Waals surface area contributed by atoms with Crippen LogP contribution in [0.3, 0.4) is 0 Å². The molecule has 1 heterocycles. The molecule has 2 aliphatic carbocycles. The van der Waals surface area contributed by atoms with E-state index in [0.29, 0.717) is 11.8 Å². The molecule has 2 bridgehead atoms. The molecule has 2 saturated carbocycles. The molecule has 2 amide bonds. The zero-order chi connectivity index (χ0) is 13.9. The van der Waals surface area contributed by atoms with Gasteiger partial charge in [0.25, 0.3) is 0 Å². The minimum atomic E-state index is -1.08. The highest BCUT2D eigenvalue weighted by molar-refractivity contribution is 6.08. The van der Waals surface area contributed by atoms with Gasteiger partial charge in [-0.05, 0) is 37.0 Å². The fourth-order valence-corrected chi connectivity index (χ4v) is 4.40. The van der Waals surface area contributed by atoms with Gasteiger partial charge in [-0.3, -0.25) is 14.5 Å². The first-order valence-corrected chi connectivity index (χ1v) is 7.03. The zero-order valence-electron chi connectivity index (χ0n) is 11.2. The predicted molar refractivity (Wildman–Crippen MR) is 65.9 cm³/mol. The fraction of sp³-hybridized carbons (Fsp3) is 0.786. The first kappa shape index (κ1) is 12.6. The summed E-state index contributed by atoms with van der Waals surface area (Å²) in [7, 11) is 0. The number of likely N-dealkylation sites (tertiary alicyclic amines) is 1. The van der Waals surface area contributed by atoms with E-state index in [0.717, 1.165) is 24.2 Å². The lowest BCUT2D eigenvalue weighted by molar-refractivity contribution is -0.157. The molecule has 1 saturated heterocycles. The van der Waals surface area contributed by atoms with Crippen LogP contribution in [0.2, 0.25) is 0 Å². The van der Waals surface area contributed by atoms with Crippen molar-refractivity contribution in [1.29, 1.82) is 0 Å². The standard InChI is InChI=1S/C14H19NO4/c1-6(2)11(14(18)19)15-12(16)9-7-3-4-8(5-7)10(9)13(15)17/h6-11H,3-5H2,1-2H3,(H,18,19)/t7-,8-,9-,10+,11-/m1/s1. The quantitative estimate of drug-likeness (QED) is 0.776. The maximum absolute atomic E-state index is 12.5. The van der Waals surface area contributed by atoms with Crippen molar-refractivity contribution < 1.29 is 19.5 Å². The van der Waals surface area contributed by atoms with Crippen molar-refractivity contribution in [3.63, 3.8) is 0 Å². The number of rotatable bonds is 3. The van der Waals surface area contributed by atoms with Crippen LogP contribution in [-0.2, 0) is 14.4 Å². The van der Waals surface area contributed by atoms with Crippen LogP contribution in [0.1, 0.15) is 33.1 Å². The predicted octanol–water partition coefficient (Wildman–Crippen LogP) is 1.13. The van der Waals surface area contributed by atoms with Crippen LogP contribution in [0, 0.1) is 29.6 Å². The monoisotopic (exact) mass is 265 g/mol. The van der Waals surface area contributed by atoms with Gasteiger partial charge >= 0.3 is 5.97 Å². The van der Waals surface area contributed by atoms with Crippen LogP contribution < -0.4 is 0 Å². The van der Waals surface area contributed by atoms with Crippen molar-refractivity contribution in [3.8, 4) is 0 Å². The molecule has 0 aromatic carbocycles. The molecule has 0 unspecified atom stereocenters. The lowest BCUT2D eigenvalue weighted by Gasteiger charge is -2.27. The van der Waals surface area contributed by atoms with Crippen molar-refractivity contribution in [3.05, 3.63) is 0 Å². The summed E-state index contributed by atoms with van der Waals surface area (Å²) in [6, 6.07) is -1.01. The third-order valence-electron chi connectivity index (χ3n) is 5.12. The first-order valence-electron chi connectivity index (χ1n) is 7.03. The Hall–Kier alpha value is -1.39. The number of imide groups is 1. The summed E-state index contributed by atoms with van der Waals surface area (Å²) in [6.07, 6.45) is 3.00. The van der Waals surface area contributed by atoms with E-state index in [2.05, 4.69) is 0 Å². The molecule has 1 aliphatic heterocycles. The van der Waals surface area contributed by atoms with Crippen molar-refractivity contribution >= 4 is 17.8 Å². The largest absolute Gasteiger partial charge is 0.480 e. The van der Waals surface area contributed by atoms with Gasteiger partial charge in [0.1, 0.15) is 6.04 Å². The summed E-state index contributed by atoms with van der Waals surface area (Å²) >= 11 is 0. The zero-order valence-corrected chi connectivity index (χ0v) is 11.2. The summed E-state index contributed by atoms with van der Waals surface area (Å²) in [5.41, 5.74) is 0. The summed E-state index contributed by atoms with van der Waals surface area (Å²) in [5.74, 6) is -1.66. The number of hydrogen-bond donors (Lipinski definition) is 1. The Balaban J connectivity index is 1.94. The topological polar surface area (TPSA) is 74.7 Å². The number of carboxylic acids is 1. The number of aliphatic carboxylic acids is 1. The van der Waals surface area contributed by atoms with Crippen molar-refractivity contribution in [2.24, 2.45) is 29.6 Å². The van der Waals surface area contributed by atoms with E-state index in [1.807, 2.05) is 0 Å². The molecule has 3 fully saturated rings. The van der Waals surface area contributed by atoms with Crippen molar-refractivity contribution in [1.82, 2.24) is 4.90 Å². The number of amides is 2. The Morgan fingerprint density at radius 1 is 1.16 bits per heavy atom. The second-order valence-electron chi connectivity index (χ2n) is 6.46. The molecule has 5 atom stereocenters. The first-order chi connectivity index (χ1) is 8.93. The van der Waals surface area contributed by atoms with Gasteiger partial charge in [-0.15, -0.1) is 0 Å². The number of hydrogen-bond acceptors (Lipinski definition) is 3. The van der Waals surface area contributed by atoms with Gasteiger partial charge in [-0.2, -0.15) is 0 Å². The van der Waals surface area contributed by atoms with E-state index in [1.165, 1.54) is 0 Å². The van der Waals surface area contributed by atoms with Crippen LogP contribution in [0.25, 0.3) is 0 Å². The van der Waals surface area contributed by atoms with Crippen LogP contribution in [0.15, 0.2) is 0 Å². The molecule has 0 spiro atoms. The van der Waals surface area contributed by atoms with E-state index in [-0.39, 0.29) is 29.6 Å². The van der Waals surface area contributed by atoms with Crippen molar-refractivity contribution in [2.75, 3.05) is 0 Å². The molecule has 19 heavy (non-hydrogen) atoms. The molecule has 0 aromatic rings. The third-order valence-corrected chi connectivity index (χ3v) is 5.12. The van der Waals surface area contributed by atoms with E-state index in [4.69, 9.17) is 0 Å². The smallest absolute Gasteiger partial charge is 0.327 e. The lowest BCUT2D eigenvalue weighted by Crippen LogP contribution is -2.49. The van der Waals surface area contributed by atoms with E-state index >= 15 is 0 Å². The van der Waals surface area contributed by atoms with Gasteiger partial charge < -0.3 is 5.11 Å². The van der Waals surface area contributed by atoms with Crippen LogP contribution in [0.4, 0.5) is 0 Å². The summed E-state index contributed by atoms with van der Waals surface area (Å²) < 4.78 is 0. The normalized spacial score (nSPS) is 38.2. The number of nitrogens with zero attached hydrogens (tertiary/aromatic N) is 1. The van der Waals surface area contributed by atoms with Gasteiger partial charge in [0.2, 0.25) is 11.8 Å². The number of carboxylic acid groups (broad SMARTS) is 1. The molecule has 0 radical (unpaired) electrons. The molecule has 3 rings (SSSR count). The summed E-state index contributed by atoms with van der Waals surface area (Å²) in [4.78, 5) is 37.4. The van der Waals surface area contributed by atoms with Gasteiger partial charge in [0, 0.05) is 0 Å². The Bertz CT molecular complexity index is 430. The van der Waals surface area contributed by atoms with Gasteiger partial charge in [0.05, 0.1) is 11.8 Å². The molecule has 0 aromatic heterocycles. The molecule has 3 aliphatic rings.